The number of fused-ring (bicyclic) bond motifs is 9. The fraction of sp³-hybridized carbons (Fsp3) is 0.107. The van der Waals surface area contributed by atoms with E-state index in [1.165, 1.54) is 99.5 Å². The third-order valence-electron chi connectivity index (χ3n) is 10.9. The molecule has 2 heteroatoms. The Labute approximate surface area is 343 Å². The van der Waals surface area contributed by atoms with Gasteiger partial charge in [-0.25, -0.2) is 0 Å². The molecule has 0 saturated carbocycles. The molecule has 11 rings (SSSR count). The number of benzene rings is 8. The van der Waals surface area contributed by atoms with Crippen LogP contribution in [0, 0.1) is 0 Å². The second kappa shape index (κ2) is 16.7. The first-order valence-corrected chi connectivity index (χ1v) is 20.7. The Morgan fingerprint density at radius 3 is 1.16 bits per heavy atom. The second-order valence-electron chi connectivity index (χ2n) is 14.2. The third kappa shape index (κ3) is 6.61. The van der Waals surface area contributed by atoms with Gasteiger partial charge >= 0.3 is 0 Å². The summed E-state index contributed by atoms with van der Waals surface area (Å²) < 4.78 is 4.89. The number of nitrogens with zero attached hydrogens (tertiary/aromatic N) is 2. The van der Waals surface area contributed by atoms with E-state index in [2.05, 4.69) is 198 Å². The Morgan fingerprint density at radius 1 is 0.379 bits per heavy atom. The maximum absolute atomic E-state index is 3.36. The lowest BCUT2D eigenvalue weighted by atomic mass is 10.0. The van der Waals surface area contributed by atoms with Gasteiger partial charge in [-0.1, -0.05) is 155 Å². The highest BCUT2D eigenvalue weighted by molar-refractivity contribution is 6.11. The van der Waals surface area contributed by atoms with Gasteiger partial charge in [0.05, 0.1) is 22.1 Å². The fourth-order valence-electron chi connectivity index (χ4n) is 8.54. The maximum atomic E-state index is 3.36. The first-order chi connectivity index (χ1) is 28.7. The van der Waals surface area contributed by atoms with E-state index in [0.29, 0.717) is 0 Å². The predicted molar refractivity (Wildman–Crippen MR) is 253 cm³/mol. The lowest BCUT2D eigenvalue weighted by Gasteiger charge is -2.13. The second-order valence-corrected chi connectivity index (χ2v) is 14.2. The van der Waals surface area contributed by atoms with Gasteiger partial charge in [-0.3, -0.25) is 0 Å². The summed E-state index contributed by atoms with van der Waals surface area (Å²) in [6, 6.07) is 66.9. The first-order valence-electron chi connectivity index (χ1n) is 20.7. The zero-order chi connectivity index (χ0) is 40.2. The normalized spacial score (nSPS) is 11.2. The summed E-state index contributed by atoms with van der Waals surface area (Å²) in [5.41, 5.74) is 17.6. The van der Waals surface area contributed by atoms with Crippen LogP contribution >= 0.6 is 0 Å². The van der Waals surface area contributed by atoms with Gasteiger partial charge in [0, 0.05) is 32.9 Å². The van der Waals surface area contributed by atoms with Crippen molar-refractivity contribution >= 4 is 43.6 Å². The Hall–Kier alpha value is -6.90. The number of hydrogen-bond donors (Lipinski definition) is 0. The van der Waals surface area contributed by atoms with Gasteiger partial charge in [0.25, 0.3) is 0 Å². The molecule has 284 valence electrons. The summed E-state index contributed by atoms with van der Waals surface area (Å²) in [6.45, 7) is 13.2. The molecule has 1 aliphatic rings. The number of para-hydroxylation sites is 2. The van der Waals surface area contributed by atoms with Crippen molar-refractivity contribution in [1.82, 2.24) is 9.13 Å². The molecule has 0 atom stereocenters. The maximum Gasteiger partial charge on any atom is 0.0541 e. The van der Waals surface area contributed by atoms with Crippen LogP contribution < -0.4 is 0 Å². The van der Waals surface area contributed by atoms with E-state index in [-0.39, 0.29) is 0 Å². The van der Waals surface area contributed by atoms with Crippen molar-refractivity contribution < 1.29 is 0 Å². The summed E-state index contributed by atoms with van der Waals surface area (Å²) in [5, 5.41) is 5.10. The van der Waals surface area contributed by atoms with E-state index in [1.54, 1.807) is 6.08 Å². The minimum Gasteiger partial charge on any atom is -0.309 e. The standard InChI is InChI=1S/C49H32N2.C3H6.2C2H6/c1-3-11-32(12-4-1)34-21-25-48-44(28-34)40-15-7-9-17-46(40)50(48)38-23-19-36-27-37-20-24-39(31-43(37)42(36)30-38)51-47-18-10-8-16-41(47)45-29-35(22-26-49(45)51)33-13-5-2-6-14-33;1-3-2;2*1-2/h1-26,28-31H,27H2;3H,1H2,2H3;2*1-2H3. The van der Waals surface area contributed by atoms with Crippen molar-refractivity contribution in [3.63, 3.8) is 0 Å². The van der Waals surface area contributed by atoms with Gasteiger partial charge < -0.3 is 9.13 Å². The number of hydrogen-bond acceptors (Lipinski definition) is 0. The molecule has 0 fully saturated rings. The number of rotatable bonds is 4. The molecule has 10 aromatic rings. The highest BCUT2D eigenvalue weighted by Gasteiger charge is 2.22. The van der Waals surface area contributed by atoms with Crippen LogP contribution in [0.5, 0.6) is 0 Å². The van der Waals surface area contributed by atoms with Crippen LogP contribution in [0.1, 0.15) is 45.7 Å². The minimum atomic E-state index is 0.951. The molecule has 2 nitrogen and oxygen atoms in total. The summed E-state index contributed by atoms with van der Waals surface area (Å²) in [7, 11) is 0. The molecule has 0 saturated heterocycles. The van der Waals surface area contributed by atoms with Crippen molar-refractivity contribution in [3.05, 3.63) is 206 Å². The van der Waals surface area contributed by atoms with Crippen LogP contribution in [0.3, 0.4) is 0 Å². The topological polar surface area (TPSA) is 9.86 Å². The van der Waals surface area contributed by atoms with Crippen LogP contribution in [-0.2, 0) is 6.42 Å². The molecule has 0 aliphatic heterocycles. The molecule has 0 spiro atoms. The zero-order valence-electron chi connectivity index (χ0n) is 34.2. The Balaban J connectivity index is 0.000000635. The van der Waals surface area contributed by atoms with Crippen molar-refractivity contribution in [1.29, 1.82) is 0 Å². The van der Waals surface area contributed by atoms with Crippen molar-refractivity contribution in [2.45, 2.75) is 41.0 Å². The predicted octanol–water partition coefficient (Wildman–Crippen LogP) is 16.0. The highest BCUT2D eigenvalue weighted by atomic mass is 15.0. The number of aromatic nitrogens is 2. The van der Waals surface area contributed by atoms with Crippen LogP contribution in [0.2, 0.25) is 0 Å². The summed E-state index contributed by atoms with van der Waals surface area (Å²) >= 11 is 0. The van der Waals surface area contributed by atoms with Crippen LogP contribution in [-0.4, -0.2) is 9.13 Å². The SMILES string of the molecule is C=CC.CC.CC.c1ccc(-c2ccc3c(c2)c2ccccc2n3-c2ccc3c(c2)-c2cc(-n4c5ccccc5c5cc(-c6ccccc6)ccc54)ccc2C3)cc1. The van der Waals surface area contributed by atoms with E-state index in [1.807, 2.05) is 34.6 Å². The molecule has 0 unspecified atom stereocenters. The molecule has 0 N–H and O–H groups in total. The summed E-state index contributed by atoms with van der Waals surface area (Å²) in [6.07, 6.45) is 2.70. The molecule has 8 aromatic carbocycles. The van der Waals surface area contributed by atoms with Crippen molar-refractivity contribution in [2.75, 3.05) is 0 Å². The molecule has 58 heavy (non-hydrogen) atoms. The van der Waals surface area contributed by atoms with Crippen LogP contribution in [0.15, 0.2) is 195 Å². The Kier molecular flexibility index (Phi) is 10.9. The van der Waals surface area contributed by atoms with Gasteiger partial charge in [-0.15, -0.1) is 6.58 Å². The largest absolute Gasteiger partial charge is 0.309 e. The smallest absolute Gasteiger partial charge is 0.0541 e. The molecular weight excluding hydrogens is 701 g/mol. The van der Waals surface area contributed by atoms with Crippen LogP contribution in [0.4, 0.5) is 0 Å². The fourth-order valence-corrected chi connectivity index (χ4v) is 8.54. The van der Waals surface area contributed by atoms with Crippen molar-refractivity contribution in [3.8, 4) is 44.8 Å². The van der Waals surface area contributed by atoms with E-state index in [0.717, 1.165) is 6.42 Å². The lowest BCUT2D eigenvalue weighted by molar-refractivity contribution is 1.17. The number of allylic oxidation sites excluding steroid dienone is 1. The van der Waals surface area contributed by atoms with Gasteiger partial charge in [-0.2, -0.15) is 0 Å². The van der Waals surface area contributed by atoms with Gasteiger partial charge in [-0.05, 0) is 119 Å². The van der Waals surface area contributed by atoms with Crippen molar-refractivity contribution in [2.24, 2.45) is 0 Å². The average Bonchev–Trinajstić information content (AvgIpc) is 3.95. The van der Waals surface area contributed by atoms with Crippen LogP contribution in [0.25, 0.3) is 88.4 Å². The first kappa shape index (κ1) is 38.0. The van der Waals surface area contributed by atoms with Gasteiger partial charge in [0.1, 0.15) is 0 Å². The zero-order valence-corrected chi connectivity index (χ0v) is 34.2. The molecule has 2 heterocycles. The van der Waals surface area contributed by atoms with E-state index in [9.17, 15) is 0 Å². The van der Waals surface area contributed by atoms with E-state index in [4.69, 9.17) is 0 Å². The third-order valence-corrected chi connectivity index (χ3v) is 10.9. The molecular formula is C56H50N2. The molecule has 0 bridgehead atoms. The minimum absolute atomic E-state index is 0.951. The quantitative estimate of drug-likeness (QED) is 0.159. The highest BCUT2D eigenvalue weighted by Crippen LogP contribution is 2.43. The molecule has 2 aromatic heterocycles. The monoisotopic (exact) mass is 750 g/mol. The van der Waals surface area contributed by atoms with Gasteiger partial charge in [0.15, 0.2) is 0 Å². The summed E-state index contributed by atoms with van der Waals surface area (Å²) in [5.74, 6) is 0. The van der Waals surface area contributed by atoms with E-state index >= 15 is 0 Å². The molecule has 0 radical (unpaired) electrons. The Bertz CT molecular complexity index is 2830. The molecule has 0 amide bonds. The average molecular weight is 751 g/mol. The van der Waals surface area contributed by atoms with E-state index < -0.39 is 0 Å². The van der Waals surface area contributed by atoms with Gasteiger partial charge in [0.2, 0.25) is 0 Å². The Morgan fingerprint density at radius 2 is 0.741 bits per heavy atom. The summed E-state index contributed by atoms with van der Waals surface area (Å²) in [4.78, 5) is 0. The lowest BCUT2D eigenvalue weighted by Crippen LogP contribution is -1.96. The molecule has 1 aliphatic carbocycles.